The van der Waals surface area contributed by atoms with Crippen LogP contribution in [0.25, 0.3) is 4.72 Å². The third-order valence-electron chi connectivity index (χ3n) is 13.2. The Morgan fingerprint density at radius 3 is 0.818 bits per heavy atom. The van der Waals surface area contributed by atoms with Crippen LogP contribution in [0.3, 0.4) is 0 Å². The average molecular weight is 1390 g/mol. The molecular formula is C57H43BF24N2O2RuS. The molecule has 6 aromatic carbocycles. The molecule has 6 radical (unpaired) electrons. The van der Waals surface area contributed by atoms with E-state index in [1.807, 2.05) is 60.7 Å². The van der Waals surface area contributed by atoms with E-state index in [-0.39, 0.29) is 19.5 Å². The molecule has 4 nitrogen and oxygen atoms in total. The van der Waals surface area contributed by atoms with Gasteiger partial charge in [0.2, 0.25) is 0 Å². The molecule has 1 saturated carbocycles. The van der Waals surface area contributed by atoms with E-state index in [0.29, 0.717) is 5.92 Å². The van der Waals surface area contributed by atoms with Gasteiger partial charge in [-0.15, -0.1) is 0 Å². The van der Waals surface area contributed by atoms with E-state index in [4.69, 9.17) is 5.73 Å². The summed E-state index contributed by atoms with van der Waals surface area (Å²) in [5.41, 5.74) is -22.3. The molecular weight excluding hydrogens is 1340 g/mol. The maximum Gasteiger partial charge on any atom is 2.00 e. The summed E-state index contributed by atoms with van der Waals surface area (Å²) in [7, 11) is -3.48. The summed E-state index contributed by atoms with van der Waals surface area (Å²) in [5.74, 6) is 3.41. The molecule has 6 aromatic rings. The van der Waals surface area contributed by atoms with Crippen molar-refractivity contribution in [3.05, 3.63) is 231 Å². The van der Waals surface area contributed by atoms with Crippen molar-refractivity contribution in [2.24, 2.45) is 11.7 Å². The molecule has 0 aliphatic heterocycles. The van der Waals surface area contributed by atoms with Crippen LogP contribution in [-0.2, 0) is 78.9 Å². The molecule has 0 aromatic heterocycles. The fourth-order valence-electron chi connectivity index (χ4n) is 9.07. The Balaban J connectivity index is 0.000000432. The van der Waals surface area contributed by atoms with Crippen molar-refractivity contribution in [2.75, 3.05) is 6.26 Å². The number of sulfonamides is 1. The summed E-state index contributed by atoms with van der Waals surface area (Å²) in [6, 6.07) is 8.68. The van der Waals surface area contributed by atoms with E-state index in [9.17, 15) is 114 Å². The van der Waals surface area contributed by atoms with Crippen LogP contribution in [0.15, 0.2) is 133 Å². The Hall–Kier alpha value is -5.80. The van der Waals surface area contributed by atoms with Crippen LogP contribution in [0.5, 0.6) is 0 Å². The fraction of sp³-hybridized carbons (Fsp3) is 0.263. The van der Waals surface area contributed by atoms with E-state index < -0.39 is 217 Å². The minimum Gasteiger partial charge on any atom is -0.541 e. The smallest absolute Gasteiger partial charge is 0.541 e. The molecule has 0 spiro atoms. The number of rotatable bonds is 10. The van der Waals surface area contributed by atoms with Gasteiger partial charge in [-0.2, -0.15) is 127 Å². The maximum atomic E-state index is 14.2. The van der Waals surface area contributed by atoms with Gasteiger partial charge in [0, 0.05) is 12.3 Å². The van der Waals surface area contributed by atoms with Crippen LogP contribution >= 0.6 is 0 Å². The van der Waals surface area contributed by atoms with Crippen molar-refractivity contribution < 1.29 is 133 Å². The van der Waals surface area contributed by atoms with E-state index in [1.54, 1.807) is 0 Å². The predicted octanol–water partition coefficient (Wildman–Crippen LogP) is 16.6. The molecule has 0 heterocycles. The van der Waals surface area contributed by atoms with E-state index in [0.717, 1.165) is 17.4 Å². The molecule has 2 atom stereocenters. The van der Waals surface area contributed by atoms with Gasteiger partial charge in [-0.1, -0.05) is 142 Å². The molecule has 2 N–H and O–H groups in total. The van der Waals surface area contributed by atoms with Crippen molar-refractivity contribution in [1.29, 1.82) is 0 Å². The monoisotopic (exact) mass is 1390 g/mol. The molecule has 1 fully saturated rings. The van der Waals surface area contributed by atoms with Crippen LogP contribution in [0.2, 0.25) is 0 Å². The van der Waals surface area contributed by atoms with Gasteiger partial charge in [0.15, 0.2) is 0 Å². The van der Waals surface area contributed by atoms with Gasteiger partial charge < -0.3 is 10.5 Å². The van der Waals surface area contributed by atoms with Gasteiger partial charge in [0.25, 0.3) is 0 Å². The molecule has 0 unspecified atom stereocenters. The second-order valence-electron chi connectivity index (χ2n) is 19.9. The number of alkyl halides is 24. The second kappa shape index (κ2) is 27.3. The van der Waals surface area contributed by atoms with Crippen LogP contribution in [-0.4, -0.2) is 20.8 Å². The Kier molecular flexibility index (Phi) is 23.2. The first kappa shape index (κ1) is 74.7. The van der Waals surface area contributed by atoms with E-state index >= 15 is 0 Å². The zero-order chi connectivity index (χ0) is 66.1. The van der Waals surface area contributed by atoms with Crippen LogP contribution in [0.1, 0.15) is 88.5 Å². The van der Waals surface area contributed by atoms with Crippen molar-refractivity contribution in [3.8, 4) is 0 Å². The third-order valence-corrected chi connectivity index (χ3v) is 13.8. The SMILES string of the molecule is CS(=O)(=O)[N-][C@H](c1ccccc1)[C@H](N)c1ccccc1.C[C]1[CH][CH][C](C(C)C)[CH][CH]1.FC(F)(F)c1cc([B-](c2cc(C(F)(F)F)cc(C(F)(F)F)c2)(c2cc(C(F)(F)F)cc(C(F)(F)F)c2)c2cc(C(F)(F)F)cc(C(F)(F)F)c2)cc(C(F)(F)F)c1.[Ru+2]. The minimum atomic E-state index is -6.13. The third kappa shape index (κ3) is 19.4. The largest absolute Gasteiger partial charge is 2.00 e. The summed E-state index contributed by atoms with van der Waals surface area (Å²) in [5, 5.41) is 0. The summed E-state index contributed by atoms with van der Waals surface area (Å²) in [6.45, 7) is 6.54. The number of nitrogens with two attached hydrogens (primary N) is 1. The summed E-state index contributed by atoms with van der Waals surface area (Å²) in [6.07, 6.45) is -45.0. The van der Waals surface area contributed by atoms with Gasteiger partial charge in [-0.05, 0) is 73.3 Å². The molecule has 7 rings (SSSR count). The second-order valence-corrected chi connectivity index (χ2v) is 21.6. The van der Waals surface area contributed by atoms with Crippen molar-refractivity contribution >= 4 is 38.0 Å². The van der Waals surface area contributed by atoms with Crippen molar-refractivity contribution in [2.45, 2.75) is 82.3 Å². The normalized spacial score (nSPS) is 15.3. The van der Waals surface area contributed by atoms with Crippen LogP contribution < -0.4 is 27.6 Å². The molecule has 0 saturated heterocycles. The Morgan fingerprint density at radius 2 is 0.614 bits per heavy atom. The topological polar surface area (TPSA) is 74.3 Å². The number of benzene rings is 6. The van der Waals surface area contributed by atoms with E-state index in [1.165, 1.54) is 11.8 Å². The summed E-state index contributed by atoms with van der Waals surface area (Å²) >= 11 is 0. The standard InChI is InChI=1S/C32H12BF24.C15H17N2O2S.C10H14.Ru/c34-25(35,36)13-1-14(26(37,38)39)6-21(5-13)33(22-7-15(27(40,41)42)2-16(8-22)28(43,44)45,23-9-17(29(46,47)48)3-18(10-23)30(49,50)51)24-11-19(31(52,53)54)4-20(12-24)32(55,56)57;1-20(18,19)17-15(13-10-6-3-7-11-13)14(16)12-8-4-2-5-9-12;1-8(2)10-6-4-9(3)5-7-10;/h1-12H;2-11,14-15H,16H2,1H3;4-8H,1-3H3;/q2*-1;;+2/t;14-,15-;;/m.1../s1. The molecule has 0 amide bonds. The maximum absolute atomic E-state index is 14.2. The number of halogens is 24. The first-order valence-electron chi connectivity index (χ1n) is 24.6. The first-order valence-corrected chi connectivity index (χ1v) is 26.5. The fourth-order valence-corrected chi connectivity index (χ4v) is 9.74. The van der Waals surface area contributed by atoms with Gasteiger partial charge >= 0.3 is 68.9 Å². The van der Waals surface area contributed by atoms with Gasteiger partial charge in [-0.25, -0.2) is 8.42 Å². The Labute approximate surface area is 501 Å². The molecule has 478 valence electrons. The van der Waals surface area contributed by atoms with Crippen molar-refractivity contribution in [3.63, 3.8) is 0 Å². The molecule has 1 aliphatic rings. The Bertz CT molecular complexity index is 2970. The average Bonchev–Trinajstić information content (AvgIpc) is 1.15. The molecule has 31 heteroatoms. The molecule has 1 aliphatic carbocycles. The number of hydrogen-bond acceptors (Lipinski definition) is 3. The zero-order valence-electron chi connectivity index (χ0n) is 45.0. The van der Waals surface area contributed by atoms with Crippen LogP contribution in [0, 0.1) is 43.4 Å². The molecule has 88 heavy (non-hydrogen) atoms. The zero-order valence-corrected chi connectivity index (χ0v) is 47.5. The number of hydrogen-bond donors (Lipinski definition) is 1. The quantitative estimate of drug-likeness (QED) is 0.110. The van der Waals surface area contributed by atoms with E-state index in [2.05, 4.69) is 51.2 Å². The predicted molar refractivity (Wildman–Crippen MR) is 275 cm³/mol. The van der Waals surface area contributed by atoms with Gasteiger partial charge in [0.05, 0.1) is 54.5 Å². The molecule has 0 bridgehead atoms. The van der Waals surface area contributed by atoms with Crippen LogP contribution in [0.4, 0.5) is 105 Å². The van der Waals surface area contributed by atoms with Gasteiger partial charge in [0.1, 0.15) is 6.15 Å². The first-order chi connectivity index (χ1) is 39.4. The van der Waals surface area contributed by atoms with Gasteiger partial charge in [-0.3, -0.25) is 0 Å². The Morgan fingerprint density at radius 1 is 0.386 bits per heavy atom. The summed E-state index contributed by atoms with van der Waals surface area (Å²) < 4.78 is 368. The minimum absolute atomic E-state index is 0. The summed E-state index contributed by atoms with van der Waals surface area (Å²) in [4.78, 5) is 0. The van der Waals surface area contributed by atoms with Crippen molar-refractivity contribution in [1.82, 2.24) is 0 Å². The number of nitrogens with zero attached hydrogens (tertiary/aromatic N) is 1.